The van der Waals surface area contributed by atoms with E-state index < -0.39 is 0 Å². The van der Waals surface area contributed by atoms with Crippen molar-refractivity contribution in [1.29, 1.82) is 0 Å². The van der Waals surface area contributed by atoms with E-state index in [0.29, 0.717) is 0 Å². The third-order valence-corrected chi connectivity index (χ3v) is 1.28. The standard InChI is InChI=1S/C8H17N2/c1-2-7-10-8-5-3-4-6-9/h2H,1,3-9H2. The van der Waals surface area contributed by atoms with Gasteiger partial charge in [0.1, 0.15) is 0 Å². The highest BCUT2D eigenvalue weighted by atomic mass is 14.8. The van der Waals surface area contributed by atoms with Gasteiger partial charge in [-0.15, -0.1) is 6.58 Å². The Hall–Kier alpha value is -0.340. The Morgan fingerprint density at radius 1 is 1.30 bits per heavy atom. The molecule has 0 aliphatic heterocycles. The van der Waals surface area contributed by atoms with Crippen LogP contribution in [-0.4, -0.2) is 19.6 Å². The summed E-state index contributed by atoms with van der Waals surface area (Å²) in [6.45, 7) is 6.15. The van der Waals surface area contributed by atoms with Gasteiger partial charge < -0.3 is 5.73 Å². The Bertz CT molecular complexity index is 71.7. The monoisotopic (exact) mass is 141 g/mol. The Kier molecular flexibility index (Phi) is 8.37. The minimum atomic E-state index is 0.794. The predicted octanol–water partition coefficient (Wildman–Crippen LogP) is 0.906. The summed E-state index contributed by atoms with van der Waals surface area (Å²) in [4.78, 5) is 0. The van der Waals surface area contributed by atoms with Gasteiger partial charge >= 0.3 is 0 Å². The lowest BCUT2D eigenvalue weighted by molar-refractivity contribution is 0.625. The summed E-state index contributed by atoms with van der Waals surface area (Å²) in [7, 11) is 0. The van der Waals surface area contributed by atoms with E-state index in [1.54, 1.807) is 0 Å². The van der Waals surface area contributed by atoms with E-state index >= 15 is 0 Å². The lowest BCUT2D eigenvalue weighted by atomic mass is 10.2. The highest BCUT2D eigenvalue weighted by Crippen LogP contribution is 1.90. The van der Waals surface area contributed by atoms with Gasteiger partial charge in [0.2, 0.25) is 0 Å². The fourth-order valence-corrected chi connectivity index (χ4v) is 0.727. The summed E-state index contributed by atoms with van der Waals surface area (Å²) in [6.07, 6.45) is 5.33. The number of unbranched alkanes of at least 4 members (excludes halogenated alkanes) is 2. The molecule has 0 saturated carbocycles. The molecule has 0 bridgehead atoms. The molecule has 0 fully saturated rings. The number of hydrogen-bond donors (Lipinski definition) is 1. The molecule has 0 aromatic heterocycles. The van der Waals surface area contributed by atoms with Crippen LogP contribution in [0, 0.1) is 0 Å². The maximum atomic E-state index is 5.32. The van der Waals surface area contributed by atoms with Crippen molar-refractivity contribution in [3.05, 3.63) is 12.7 Å². The lowest BCUT2D eigenvalue weighted by Crippen LogP contribution is -2.07. The smallest absolute Gasteiger partial charge is 0.0311 e. The molecule has 1 radical (unpaired) electrons. The second-order valence-corrected chi connectivity index (χ2v) is 2.27. The molecule has 2 nitrogen and oxygen atoms in total. The molecule has 0 heterocycles. The number of hydrogen-bond acceptors (Lipinski definition) is 1. The average molecular weight is 141 g/mol. The van der Waals surface area contributed by atoms with E-state index in [1.165, 1.54) is 12.8 Å². The van der Waals surface area contributed by atoms with Gasteiger partial charge in [-0.25, -0.2) is 5.32 Å². The van der Waals surface area contributed by atoms with Crippen LogP contribution < -0.4 is 11.1 Å². The Labute approximate surface area is 63.5 Å². The van der Waals surface area contributed by atoms with Crippen molar-refractivity contribution in [1.82, 2.24) is 5.32 Å². The first-order chi connectivity index (χ1) is 4.91. The van der Waals surface area contributed by atoms with Gasteiger partial charge in [0, 0.05) is 13.1 Å². The second-order valence-electron chi connectivity index (χ2n) is 2.27. The summed E-state index contributed by atoms with van der Waals surface area (Å²) < 4.78 is 0. The topological polar surface area (TPSA) is 40.1 Å². The van der Waals surface area contributed by atoms with Crippen LogP contribution >= 0.6 is 0 Å². The lowest BCUT2D eigenvalue weighted by Gasteiger charge is -1.97. The molecule has 0 aromatic rings. The largest absolute Gasteiger partial charge is 0.330 e. The van der Waals surface area contributed by atoms with Crippen molar-refractivity contribution in [2.75, 3.05) is 19.6 Å². The van der Waals surface area contributed by atoms with Crippen LogP contribution in [0.1, 0.15) is 19.3 Å². The van der Waals surface area contributed by atoms with Crippen LogP contribution in [0.2, 0.25) is 0 Å². The summed E-state index contributed by atoms with van der Waals surface area (Å²) in [6, 6.07) is 0. The Morgan fingerprint density at radius 2 is 2.10 bits per heavy atom. The minimum absolute atomic E-state index is 0.794. The molecule has 2 heteroatoms. The molecular formula is C8H17N2. The predicted molar refractivity (Wildman–Crippen MR) is 45.0 cm³/mol. The maximum absolute atomic E-state index is 5.32. The molecule has 0 aromatic carbocycles. The third-order valence-electron chi connectivity index (χ3n) is 1.28. The molecular weight excluding hydrogens is 124 g/mol. The quantitative estimate of drug-likeness (QED) is 0.415. The van der Waals surface area contributed by atoms with E-state index in [0.717, 1.165) is 26.1 Å². The van der Waals surface area contributed by atoms with Crippen LogP contribution in [0.3, 0.4) is 0 Å². The van der Waals surface area contributed by atoms with E-state index in [9.17, 15) is 0 Å². The van der Waals surface area contributed by atoms with Crippen LogP contribution in [0.4, 0.5) is 0 Å². The van der Waals surface area contributed by atoms with Crippen molar-refractivity contribution in [2.24, 2.45) is 5.73 Å². The van der Waals surface area contributed by atoms with Crippen molar-refractivity contribution in [3.8, 4) is 0 Å². The van der Waals surface area contributed by atoms with Crippen molar-refractivity contribution < 1.29 is 0 Å². The van der Waals surface area contributed by atoms with Gasteiger partial charge in [-0.2, -0.15) is 0 Å². The molecule has 0 saturated heterocycles. The maximum Gasteiger partial charge on any atom is 0.0311 e. The number of nitrogens with zero attached hydrogens (tertiary/aromatic N) is 1. The molecule has 0 aliphatic carbocycles. The van der Waals surface area contributed by atoms with Gasteiger partial charge in [0.05, 0.1) is 0 Å². The van der Waals surface area contributed by atoms with Crippen molar-refractivity contribution >= 4 is 0 Å². The third kappa shape index (κ3) is 7.66. The first-order valence-corrected chi connectivity index (χ1v) is 3.86. The molecule has 0 unspecified atom stereocenters. The number of rotatable bonds is 7. The Balaban J connectivity index is 2.70. The first-order valence-electron chi connectivity index (χ1n) is 3.86. The van der Waals surface area contributed by atoms with Crippen LogP contribution in [0.25, 0.3) is 0 Å². The molecule has 2 N–H and O–H groups in total. The van der Waals surface area contributed by atoms with Gasteiger partial charge in [0.25, 0.3) is 0 Å². The highest BCUT2D eigenvalue weighted by Gasteiger charge is 1.86. The SMILES string of the molecule is C=CC[N]CCCCCN. The molecule has 10 heavy (non-hydrogen) atoms. The zero-order valence-electron chi connectivity index (χ0n) is 6.55. The van der Waals surface area contributed by atoms with Gasteiger partial charge in [-0.3, -0.25) is 0 Å². The molecule has 0 spiro atoms. The van der Waals surface area contributed by atoms with Gasteiger partial charge in [-0.05, 0) is 19.4 Å². The summed E-state index contributed by atoms with van der Waals surface area (Å²) in [5, 5.41) is 4.20. The van der Waals surface area contributed by atoms with Gasteiger partial charge in [0.15, 0.2) is 0 Å². The summed E-state index contributed by atoms with van der Waals surface area (Å²) in [5.74, 6) is 0. The Morgan fingerprint density at radius 3 is 2.70 bits per heavy atom. The molecule has 0 rings (SSSR count). The zero-order valence-corrected chi connectivity index (χ0v) is 6.55. The van der Waals surface area contributed by atoms with E-state index in [2.05, 4.69) is 11.9 Å². The average Bonchev–Trinajstić information content (AvgIpc) is 1.97. The molecule has 59 valence electrons. The minimum Gasteiger partial charge on any atom is -0.330 e. The van der Waals surface area contributed by atoms with E-state index in [1.807, 2.05) is 6.08 Å². The zero-order chi connectivity index (χ0) is 7.66. The second kappa shape index (κ2) is 8.66. The van der Waals surface area contributed by atoms with E-state index in [-0.39, 0.29) is 0 Å². The van der Waals surface area contributed by atoms with Crippen LogP contribution in [0.15, 0.2) is 12.7 Å². The van der Waals surface area contributed by atoms with E-state index in [4.69, 9.17) is 5.73 Å². The molecule has 0 amide bonds. The molecule has 0 atom stereocenters. The van der Waals surface area contributed by atoms with Crippen molar-refractivity contribution in [3.63, 3.8) is 0 Å². The van der Waals surface area contributed by atoms with Crippen LogP contribution in [0.5, 0.6) is 0 Å². The first kappa shape index (κ1) is 9.66. The fourth-order valence-electron chi connectivity index (χ4n) is 0.727. The normalized spacial score (nSPS) is 9.70. The summed E-state index contributed by atoms with van der Waals surface area (Å²) in [5.41, 5.74) is 5.32. The van der Waals surface area contributed by atoms with Gasteiger partial charge in [-0.1, -0.05) is 12.5 Å². The van der Waals surface area contributed by atoms with Crippen molar-refractivity contribution in [2.45, 2.75) is 19.3 Å². The number of nitrogens with two attached hydrogens (primary N) is 1. The van der Waals surface area contributed by atoms with Crippen LogP contribution in [-0.2, 0) is 0 Å². The fraction of sp³-hybridized carbons (Fsp3) is 0.750. The molecule has 0 aliphatic rings. The highest BCUT2D eigenvalue weighted by molar-refractivity contribution is 4.68. The summed E-state index contributed by atoms with van der Waals surface area (Å²) >= 11 is 0.